The summed E-state index contributed by atoms with van der Waals surface area (Å²) in [6.07, 6.45) is 3.08. The summed E-state index contributed by atoms with van der Waals surface area (Å²) in [5.41, 5.74) is 1.36. The van der Waals surface area contributed by atoms with Crippen LogP contribution in [0.4, 0.5) is 0 Å². The molecule has 0 N–H and O–H groups in total. The van der Waals surface area contributed by atoms with Gasteiger partial charge in [-0.15, -0.1) is 11.6 Å². The summed E-state index contributed by atoms with van der Waals surface area (Å²) in [7, 11) is 1.79. The van der Waals surface area contributed by atoms with Crippen molar-refractivity contribution in [3.05, 3.63) is 18.2 Å². The van der Waals surface area contributed by atoms with Gasteiger partial charge in [-0.1, -0.05) is 0 Å². The largest absolute Gasteiger partial charge is 0.250 e. The maximum Gasteiger partial charge on any atom is 0.161 e. The Kier molecular flexibility index (Phi) is 2.52. The Labute approximate surface area is 91.3 Å². The van der Waals surface area contributed by atoms with Crippen molar-refractivity contribution >= 4 is 22.6 Å². The predicted molar refractivity (Wildman–Crippen MR) is 55.4 cm³/mol. The zero-order chi connectivity index (χ0) is 10.8. The van der Waals surface area contributed by atoms with Crippen molar-refractivity contribution in [2.24, 2.45) is 7.05 Å². The summed E-state index contributed by atoms with van der Waals surface area (Å²) in [6.45, 7) is 0. The lowest BCUT2D eigenvalue weighted by atomic mass is 10.1. The first-order chi connectivity index (χ1) is 7.27. The molecule has 1 unspecified atom stereocenters. The molecule has 0 radical (unpaired) electrons. The highest BCUT2D eigenvalue weighted by Gasteiger charge is 2.16. The maximum absolute atomic E-state index is 8.92. The summed E-state index contributed by atoms with van der Waals surface area (Å²) in [5, 5.41) is 13.8. The first-order valence-electron chi connectivity index (χ1n) is 4.36. The highest BCUT2D eigenvalue weighted by atomic mass is 35.5. The Bertz CT molecular complexity index is 527. The van der Waals surface area contributed by atoms with Gasteiger partial charge in [0.2, 0.25) is 0 Å². The first kappa shape index (κ1) is 9.87. The number of alkyl halides is 1. The zero-order valence-electron chi connectivity index (χ0n) is 8.05. The lowest BCUT2D eigenvalue weighted by Gasteiger charge is -2.04. The summed E-state index contributed by atoms with van der Waals surface area (Å²) in [4.78, 5) is 8.18. The van der Waals surface area contributed by atoms with E-state index >= 15 is 0 Å². The number of fused-ring (bicyclic) bond motifs is 1. The molecule has 0 saturated heterocycles. The topological polar surface area (TPSA) is 67.4 Å². The molecule has 15 heavy (non-hydrogen) atoms. The third-order valence-electron chi connectivity index (χ3n) is 2.20. The number of hydrogen-bond donors (Lipinski definition) is 0. The van der Waals surface area contributed by atoms with Crippen LogP contribution in [-0.2, 0) is 7.05 Å². The maximum atomic E-state index is 8.92. The van der Waals surface area contributed by atoms with Gasteiger partial charge in [0.15, 0.2) is 5.65 Å². The third kappa shape index (κ3) is 1.53. The van der Waals surface area contributed by atoms with Crippen LogP contribution < -0.4 is 0 Å². The van der Waals surface area contributed by atoms with Crippen LogP contribution in [0.2, 0.25) is 0 Å². The molecule has 0 aliphatic heterocycles. The van der Waals surface area contributed by atoms with Gasteiger partial charge < -0.3 is 0 Å². The molecule has 1 atom stereocenters. The van der Waals surface area contributed by atoms with E-state index in [2.05, 4.69) is 21.1 Å². The van der Waals surface area contributed by atoms with E-state index in [4.69, 9.17) is 16.9 Å². The van der Waals surface area contributed by atoms with Gasteiger partial charge >= 0.3 is 0 Å². The van der Waals surface area contributed by atoms with Gasteiger partial charge in [-0.25, -0.2) is 9.97 Å². The fourth-order valence-electron chi connectivity index (χ4n) is 1.43. The van der Waals surface area contributed by atoms with Crippen molar-refractivity contribution in [2.45, 2.75) is 5.92 Å². The minimum Gasteiger partial charge on any atom is -0.250 e. The molecule has 5 nitrogen and oxygen atoms in total. The molecule has 2 aromatic heterocycles. The minimum atomic E-state index is -0.415. The van der Waals surface area contributed by atoms with Gasteiger partial charge in [0, 0.05) is 12.9 Å². The minimum absolute atomic E-state index is 0.220. The van der Waals surface area contributed by atoms with Crippen LogP contribution in [0.15, 0.2) is 12.5 Å². The van der Waals surface area contributed by atoms with E-state index in [1.807, 2.05) is 0 Å². The summed E-state index contributed by atoms with van der Waals surface area (Å²) in [5.74, 6) is -0.196. The molecule has 0 aliphatic carbocycles. The molecule has 0 amide bonds. The third-order valence-corrected chi connectivity index (χ3v) is 2.51. The standard InChI is InChI=1S/C9H8ClN5/c1-15-9-7(4-14-15)8(12-5-13-9)6(2-10)3-11/h4-6H,2H2,1H3. The van der Waals surface area contributed by atoms with E-state index in [1.54, 1.807) is 17.9 Å². The van der Waals surface area contributed by atoms with Crippen LogP contribution in [0.1, 0.15) is 11.6 Å². The lowest BCUT2D eigenvalue weighted by molar-refractivity contribution is 0.784. The van der Waals surface area contributed by atoms with Gasteiger partial charge in [-0.3, -0.25) is 4.68 Å². The molecule has 0 aliphatic rings. The van der Waals surface area contributed by atoms with Crippen molar-refractivity contribution in [3.63, 3.8) is 0 Å². The Morgan fingerprint density at radius 3 is 3.07 bits per heavy atom. The van der Waals surface area contributed by atoms with Crippen molar-refractivity contribution in [2.75, 3.05) is 5.88 Å². The molecule has 2 aromatic rings. The molecule has 0 bridgehead atoms. The van der Waals surface area contributed by atoms with Crippen LogP contribution >= 0.6 is 11.6 Å². The van der Waals surface area contributed by atoms with Crippen LogP contribution in [0.3, 0.4) is 0 Å². The normalized spacial score (nSPS) is 12.6. The second-order valence-corrected chi connectivity index (χ2v) is 3.41. The van der Waals surface area contributed by atoms with Gasteiger partial charge in [0.25, 0.3) is 0 Å². The smallest absolute Gasteiger partial charge is 0.161 e. The molecule has 2 rings (SSSR count). The average Bonchev–Trinajstić information content (AvgIpc) is 2.64. The fourth-order valence-corrected chi connectivity index (χ4v) is 1.64. The Morgan fingerprint density at radius 1 is 1.60 bits per heavy atom. The van der Waals surface area contributed by atoms with Gasteiger partial charge in [-0.05, 0) is 0 Å². The number of nitrogens with zero attached hydrogens (tertiary/aromatic N) is 5. The van der Waals surface area contributed by atoms with Gasteiger partial charge in [-0.2, -0.15) is 10.4 Å². The number of rotatable bonds is 2. The SMILES string of the molecule is Cn1ncc2c(C(C#N)CCl)ncnc21. The summed E-state index contributed by atoms with van der Waals surface area (Å²) >= 11 is 5.70. The molecular weight excluding hydrogens is 214 g/mol. The Morgan fingerprint density at radius 2 is 2.40 bits per heavy atom. The number of hydrogen-bond acceptors (Lipinski definition) is 4. The average molecular weight is 222 g/mol. The van der Waals surface area contributed by atoms with Gasteiger partial charge in [0.05, 0.1) is 23.3 Å². The Hall–Kier alpha value is -1.67. The molecule has 0 aromatic carbocycles. The second-order valence-electron chi connectivity index (χ2n) is 3.10. The van der Waals surface area contributed by atoms with Crippen molar-refractivity contribution in [3.8, 4) is 6.07 Å². The highest BCUT2D eigenvalue weighted by molar-refractivity contribution is 6.18. The molecule has 2 heterocycles. The van der Waals surface area contributed by atoms with Crippen LogP contribution in [0.25, 0.3) is 11.0 Å². The summed E-state index contributed by atoms with van der Waals surface area (Å²) in [6, 6.07) is 2.11. The van der Waals surface area contributed by atoms with E-state index in [0.29, 0.717) is 11.3 Å². The lowest BCUT2D eigenvalue weighted by Crippen LogP contribution is -2.02. The number of aryl methyl sites for hydroxylation is 1. The van der Waals surface area contributed by atoms with E-state index in [-0.39, 0.29) is 5.88 Å². The molecular formula is C9H8ClN5. The van der Waals surface area contributed by atoms with Crippen LogP contribution in [-0.4, -0.2) is 25.6 Å². The van der Waals surface area contributed by atoms with Crippen LogP contribution in [0.5, 0.6) is 0 Å². The molecule has 76 valence electrons. The first-order valence-corrected chi connectivity index (χ1v) is 4.89. The van der Waals surface area contributed by atoms with Crippen molar-refractivity contribution < 1.29 is 0 Å². The molecule has 0 fully saturated rings. The van der Waals surface area contributed by atoms with Crippen molar-refractivity contribution in [1.29, 1.82) is 5.26 Å². The quantitative estimate of drug-likeness (QED) is 0.715. The van der Waals surface area contributed by atoms with E-state index < -0.39 is 5.92 Å². The van der Waals surface area contributed by atoms with Crippen molar-refractivity contribution in [1.82, 2.24) is 19.7 Å². The van der Waals surface area contributed by atoms with E-state index in [0.717, 1.165) is 5.39 Å². The second kappa shape index (κ2) is 3.83. The zero-order valence-corrected chi connectivity index (χ0v) is 8.81. The highest BCUT2D eigenvalue weighted by Crippen LogP contribution is 2.21. The number of nitriles is 1. The monoisotopic (exact) mass is 221 g/mol. The van der Waals surface area contributed by atoms with E-state index in [9.17, 15) is 0 Å². The van der Waals surface area contributed by atoms with Gasteiger partial charge in [0.1, 0.15) is 12.2 Å². The van der Waals surface area contributed by atoms with Crippen LogP contribution in [0, 0.1) is 11.3 Å². The molecule has 0 spiro atoms. The fraction of sp³-hybridized carbons (Fsp3) is 0.333. The summed E-state index contributed by atoms with van der Waals surface area (Å²) < 4.78 is 1.64. The number of halogens is 1. The Balaban J connectivity index is 2.66. The predicted octanol–water partition coefficient (Wildman–Crippen LogP) is 1.21. The van der Waals surface area contributed by atoms with E-state index in [1.165, 1.54) is 6.33 Å². The number of aromatic nitrogens is 4. The molecule has 0 saturated carbocycles. The molecule has 6 heteroatoms.